The first-order valence-electron chi connectivity index (χ1n) is 14.8. The first-order chi connectivity index (χ1) is 20.3. The van der Waals surface area contributed by atoms with Gasteiger partial charge in [-0.15, -0.1) is 0 Å². The van der Waals surface area contributed by atoms with Crippen molar-refractivity contribution in [3.8, 4) is 11.4 Å². The number of fused-ring (bicyclic) bond motifs is 3. The van der Waals surface area contributed by atoms with Gasteiger partial charge in [0, 0.05) is 28.2 Å². The van der Waals surface area contributed by atoms with Gasteiger partial charge in [0.15, 0.2) is 11.6 Å². The number of allylic oxidation sites excluding steroid dienone is 14. The number of hydrogen-bond donors (Lipinski definition) is 0. The third-order valence-electron chi connectivity index (χ3n) is 8.76. The highest BCUT2D eigenvalue weighted by molar-refractivity contribution is 6.06. The zero-order valence-corrected chi connectivity index (χ0v) is 23.0. The van der Waals surface area contributed by atoms with Crippen molar-refractivity contribution in [1.82, 2.24) is 15.0 Å². The molecule has 2 unspecified atom stereocenters. The maximum Gasteiger partial charge on any atom is 0.163 e. The maximum absolute atomic E-state index is 6.07. The van der Waals surface area contributed by atoms with Gasteiger partial charge in [0.05, 0.1) is 0 Å². The Morgan fingerprint density at radius 3 is 2.51 bits per heavy atom. The van der Waals surface area contributed by atoms with Gasteiger partial charge < -0.3 is 4.42 Å². The topological polar surface area (TPSA) is 51.8 Å². The van der Waals surface area contributed by atoms with Crippen LogP contribution >= 0.6 is 0 Å². The Labute approximate surface area is 239 Å². The summed E-state index contributed by atoms with van der Waals surface area (Å²) in [7, 11) is 0. The van der Waals surface area contributed by atoms with Crippen molar-refractivity contribution in [3.05, 3.63) is 132 Å². The Morgan fingerprint density at radius 1 is 0.732 bits per heavy atom. The summed E-state index contributed by atoms with van der Waals surface area (Å²) in [5.74, 6) is 2.90. The van der Waals surface area contributed by atoms with Crippen molar-refractivity contribution < 1.29 is 4.42 Å². The molecule has 200 valence electrons. The monoisotopic (exact) mass is 533 g/mol. The largest absolute Gasteiger partial charge is 0.456 e. The fourth-order valence-corrected chi connectivity index (χ4v) is 6.48. The summed E-state index contributed by atoms with van der Waals surface area (Å²) in [5.41, 5.74) is 8.33. The van der Waals surface area contributed by atoms with E-state index < -0.39 is 0 Å². The van der Waals surface area contributed by atoms with Crippen molar-refractivity contribution in [2.75, 3.05) is 0 Å². The summed E-state index contributed by atoms with van der Waals surface area (Å²) in [6, 6.07) is 14.4. The minimum Gasteiger partial charge on any atom is -0.456 e. The second-order valence-electron chi connectivity index (χ2n) is 11.4. The first kappa shape index (κ1) is 24.2. The minimum absolute atomic E-state index is 0.120. The molecule has 41 heavy (non-hydrogen) atoms. The average molecular weight is 534 g/mol. The van der Waals surface area contributed by atoms with Crippen LogP contribution in [0.2, 0.25) is 0 Å². The first-order valence-corrected chi connectivity index (χ1v) is 14.8. The van der Waals surface area contributed by atoms with Gasteiger partial charge in [-0.2, -0.15) is 0 Å². The molecule has 2 atom stereocenters. The van der Waals surface area contributed by atoms with Gasteiger partial charge in [-0.05, 0) is 85.1 Å². The van der Waals surface area contributed by atoms with Gasteiger partial charge in [0.2, 0.25) is 0 Å². The van der Waals surface area contributed by atoms with E-state index in [1.165, 1.54) is 28.7 Å². The van der Waals surface area contributed by atoms with Crippen LogP contribution in [0.5, 0.6) is 0 Å². The summed E-state index contributed by atoms with van der Waals surface area (Å²) < 4.78 is 6.07. The summed E-state index contributed by atoms with van der Waals surface area (Å²) >= 11 is 0. The number of benzene rings is 2. The van der Waals surface area contributed by atoms with E-state index >= 15 is 0 Å². The summed E-state index contributed by atoms with van der Waals surface area (Å²) in [4.78, 5) is 15.1. The van der Waals surface area contributed by atoms with Gasteiger partial charge in [0.1, 0.15) is 17.0 Å². The van der Waals surface area contributed by atoms with E-state index in [0.717, 1.165) is 77.1 Å². The van der Waals surface area contributed by atoms with E-state index in [0.29, 0.717) is 5.92 Å². The molecule has 4 aliphatic carbocycles. The van der Waals surface area contributed by atoms with Crippen LogP contribution in [-0.2, 0) is 0 Å². The zero-order chi connectivity index (χ0) is 27.2. The van der Waals surface area contributed by atoms with Crippen molar-refractivity contribution in [1.29, 1.82) is 0 Å². The van der Waals surface area contributed by atoms with Crippen molar-refractivity contribution in [2.24, 2.45) is 5.92 Å². The SMILES string of the molecule is C1=CCCC(c2nc(-c3ccc4oc5ccccc5c4c3)nc(C3C=CC(C4C=CC5=C(C=CCC5)C4)=CC3)n2)=C1. The molecule has 4 nitrogen and oxygen atoms in total. The van der Waals surface area contributed by atoms with Crippen molar-refractivity contribution in [2.45, 2.75) is 44.4 Å². The van der Waals surface area contributed by atoms with Gasteiger partial charge in [-0.3, -0.25) is 0 Å². The lowest BCUT2D eigenvalue weighted by atomic mass is 9.79. The summed E-state index contributed by atoms with van der Waals surface area (Å²) in [6.07, 6.45) is 29.1. The number of hydrogen-bond acceptors (Lipinski definition) is 4. The molecule has 0 N–H and O–H groups in total. The molecule has 0 saturated heterocycles. The second-order valence-corrected chi connectivity index (χ2v) is 11.4. The lowest BCUT2D eigenvalue weighted by Gasteiger charge is -2.26. The smallest absolute Gasteiger partial charge is 0.163 e. The number of furan rings is 1. The van der Waals surface area contributed by atoms with Gasteiger partial charge >= 0.3 is 0 Å². The fourth-order valence-electron chi connectivity index (χ4n) is 6.48. The van der Waals surface area contributed by atoms with Crippen LogP contribution in [0.3, 0.4) is 0 Å². The molecule has 0 amide bonds. The van der Waals surface area contributed by atoms with Crippen molar-refractivity contribution in [3.63, 3.8) is 0 Å². The normalized spacial score (nSPS) is 21.9. The molecule has 4 aromatic rings. The summed E-state index contributed by atoms with van der Waals surface area (Å²) in [6.45, 7) is 0. The predicted molar refractivity (Wildman–Crippen MR) is 166 cm³/mol. The Kier molecular flexibility index (Phi) is 5.98. The van der Waals surface area contributed by atoms with E-state index in [2.05, 4.69) is 79.0 Å². The molecule has 8 rings (SSSR count). The molecular formula is C37H31N3O. The highest BCUT2D eigenvalue weighted by Gasteiger charge is 2.23. The second kappa shape index (κ2) is 10.1. The van der Waals surface area contributed by atoms with E-state index in [4.69, 9.17) is 19.4 Å². The van der Waals surface area contributed by atoms with Gasteiger partial charge in [0.25, 0.3) is 0 Å². The van der Waals surface area contributed by atoms with Crippen molar-refractivity contribution >= 4 is 27.5 Å². The molecule has 4 aliphatic rings. The van der Waals surface area contributed by atoms with E-state index in [-0.39, 0.29) is 5.92 Å². The predicted octanol–water partition coefficient (Wildman–Crippen LogP) is 9.36. The molecular weight excluding hydrogens is 502 g/mol. The highest BCUT2D eigenvalue weighted by Crippen LogP contribution is 2.38. The molecule has 4 heteroatoms. The van der Waals surface area contributed by atoms with E-state index in [9.17, 15) is 0 Å². The molecule has 2 heterocycles. The van der Waals surface area contributed by atoms with Crippen LogP contribution in [0, 0.1) is 5.92 Å². The minimum atomic E-state index is 0.120. The van der Waals surface area contributed by atoms with Crippen LogP contribution in [0.4, 0.5) is 0 Å². The van der Waals surface area contributed by atoms with Crippen LogP contribution in [0.25, 0.3) is 38.9 Å². The maximum atomic E-state index is 6.07. The lowest BCUT2D eigenvalue weighted by Crippen LogP contribution is -2.13. The Balaban J connectivity index is 1.14. The quantitative estimate of drug-likeness (QED) is 0.262. The number of para-hydroxylation sites is 1. The van der Waals surface area contributed by atoms with Crippen LogP contribution < -0.4 is 0 Å². The van der Waals surface area contributed by atoms with Gasteiger partial charge in [-0.1, -0.05) is 79.0 Å². The fraction of sp³-hybridized carbons (Fsp3) is 0.216. The van der Waals surface area contributed by atoms with Crippen LogP contribution in [0.15, 0.2) is 124 Å². The van der Waals surface area contributed by atoms with E-state index in [1.807, 2.05) is 24.3 Å². The molecule has 2 aromatic carbocycles. The Morgan fingerprint density at radius 2 is 1.61 bits per heavy atom. The summed E-state index contributed by atoms with van der Waals surface area (Å²) in [5, 5.41) is 2.19. The Hall–Kier alpha value is -4.57. The molecule has 2 aromatic heterocycles. The number of rotatable bonds is 4. The standard InChI is InChI=1S/C37H31N3O/c1-2-9-26(10-3-1)35-38-36(27-17-14-25(15-18-27)29-19-16-24-8-4-5-11-28(24)22-29)40-37(39-35)30-20-21-34-32(23-30)31-12-6-7-13-33(31)41-34/h1-2,5-7,9,11-17,19-21,23,27,29H,3-4,8,10,18,22H2. The molecule has 0 fully saturated rings. The van der Waals surface area contributed by atoms with E-state index in [1.54, 1.807) is 0 Å². The van der Waals surface area contributed by atoms with Crippen LogP contribution in [-0.4, -0.2) is 15.0 Å². The number of aromatic nitrogens is 3. The van der Waals surface area contributed by atoms with Crippen LogP contribution in [0.1, 0.15) is 56.1 Å². The molecule has 0 radical (unpaired) electrons. The van der Waals surface area contributed by atoms with Gasteiger partial charge in [-0.25, -0.2) is 15.0 Å². The molecule has 0 bridgehead atoms. The molecule has 0 saturated carbocycles. The average Bonchev–Trinajstić information content (AvgIpc) is 3.43. The number of nitrogens with zero attached hydrogens (tertiary/aromatic N) is 3. The zero-order valence-electron chi connectivity index (χ0n) is 23.0. The highest BCUT2D eigenvalue weighted by atomic mass is 16.3. The molecule has 0 spiro atoms. The third-order valence-corrected chi connectivity index (χ3v) is 8.76. The lowest BCUT2D eigenvalue weighted by molar-refractivity contribution is 0.669. The third kappa shape index (κ3) is 4.54. The molecule has 0 aliphatic heterocycles. The Bertz CT molecular complexity index is 1910.